The van der Waals surface area contributed by atoms with Crippen LogP contribution in [0.4, 0.5) is 17.1 Å². The van der Waals surface area contributed by atoms with Crippen LogP contribution in [0.2, 0.25) is 0 Å². The summed E-state index contributed by atoms with van der Waals surface area (Å²) in [7, 11) is 0. The zero-order valence-corrected chi connectivity index (χ0v) is 6.94. The average molecular weight is 183 g/mol. The Bertz CT molecular complexity index is 351. The van der Waals surface area contributed by atoms with E-state index in [9.17, 15) is 10.1 Å². The van der Waals surface area contributed by atoms with Crippen LogP contribution in [0, 0.1) is 17.0 Å². The molecule has 0 unspecified atom stereocenters. The van der Waals surface area contributed by atoms with Gasteiger partial charge in [-0.15, -0.1) is 0 Å². The number of hydrogen-bond donors (Lipinski definition) is 3. The van der Waals surface area contributed by atoms with Crippen molar-refractivity contribution in [1.29, 1.82) is 0 Å². The molecule has 0 atom stereocenters. The van der Waals surface area contributed by atoms with Crippen LogP contribution in [0.25, 0.3) is 0 Å². The maximum absolute atomic E-state index is 10.4. The summed E-state index contributed by atoms with van der Waals surface area (Å²) in [6.45, 7) is 1.69. The Morgan fingerprint density at radius 2 is 2.23 bits per heavy atom. The van der Waals surface area contributed by atoms with E-state index in [1.165, 1.54) is 12.1 Å². The molecular formula is C7H9N3O3. The molecule has 0 heterocycles. The summed E-state index contributed by atoms with van der Waals surface area (Å²) in [5, 5.41) is 19.0. The molecule has 70 valence electrons. The van der Waals surface area contributed by atoms with Crippen molar-refractivity contribution in [2.75, 3.05) is 11.2 Å². The number of nitrogen functional groups attached to an aromatic ring is 1. The van der Waals surface area contributed by atoms with E-state index in [0.717, 1.165) is 0 Å². The Morgan fingerprint density at radius 3 is 2.69 bits per heavy atom. The van der Waals surface area contributed by atoms with Gasteiger partial charge >= 0.3 is 0 Å². The van der Waals surface area contributed by atoms with Crippen LogP contribution in [-0.2, 0) is 0 Å². The van der Waals surface area contributed by atoms with Crippen molar-refractivity contribution in [3.05, 3.63) is 27.8 Å². The third-order valence-electron chi connectivity index (χ3n) is 1.70. The summed E-state index contributed by atoms with van der Waals surface area (Å²) in [6.07, 6.45) is 0. The maximum Gasteiger partial charge on any atom is 0.296 e. The molecular weight excluding hydrogens is 174 g/mol. The zero-order valence-electron chi connectivity index (χ0n) is 6.94. The molecule has 0 aliphatic heterocycles. The van der Waals surface area contributed by atoms with E-state index >= 15 is 0 Å². The van der Waals surface area contributed by atoms with Gasteiger partial charge in [0, 0.05) is 11.8 Å². The molecule has 13 heavy (non-hydrogen) atoms. The summed E-state index contributed by atoms with van der Waals surface area (Å²) in [6, 6.07) is 2.61. The number of benzene rings is 1. The van der Waals surface area contributed by atoms with Gasteiger partial charge < -0.3 is 5.73 Å². The van der Waals surface area contributed by atoms with Gasteiger partial charge in [-0.1, -0.05) is 0 Å². The molecule has 0 fully saturated rings. The Morgan fingerprint density at radius 1 is 1.62 bits per heavy atom. The molecule has 0 amide bonds. The Kier molecular flexibility index (Phi) is 2.34. The molecule has 1 aromatic rings. The van der Waals surface area contributed by atoms with Crippen LogP contribution in [-0.4, -0.2) is 10.1 Å². The monoisotopic (exact) mass is 183 g/mol. The number of nitrogens with zero attached hydrogens (tertiary/aromatic N) is 1. The summed E-state index contributed by atoms with van der Waals surface area (Å²) in [4.78, 5) is 9.83. The Hall–Kier alpha value is -1.82. The largest absolute Gasteiger partial charge is 0.398 e. The molecule has 0 radical (unpaired) electrons. The average Bonchev–Trinajstić information content (AvgIpc) is 2.08. The first-order valence-electron chi connectivity index (χ1n) is 3.51. The van der Waals surface area contributed by atoms with E-state index in [1.807, 2.05) is 0 Å². The lowest BCUT2D eigenvalue weighted by Crippen LogP contribution is -2.00. The summed E-state index contributed by atoms with van der Waals surface area (Å²) in [5.74, 6) is 0. The third-order valence-corrected chi connectivity index (χ3v) is 1.70. The van der Waals surface area contributed by atoms with Crippen LogP contribution >= 0.6 is 0 Å². The van der Waals surface area contributed by atoms with Crippen LogP contribution in [0.15, 0.2) is 12.1 Å². The number of nitro benzene ring substituents is 1. The fraction of sp³-hybridized carbons (Fsp3) is 0.143. The normalized spacial score (nSPS) is 9.69. The van der Waals surface area contributed by atoms with E-state index < -0.39 is 4.92 Å². The highest BCUT2D eigenvalue weighted by Gasteiger charge is 2.14. The first-order valence-corrected chi connectivity index (χ1v) is 3.51. The second kappa shape index (κ2) is 3.28. The molecule has 0 aromatic heterocycles. The van der Waals surface area contributed by atoms with Gasteiger partial charge in [-0.25, -0.2) is 0 Å². The number of aryl methyl sites for hydroxylation is 1. The van der Waals surface area contributed by atoms with E-state index in [0.29, 0.717) is 11.3 Å². The van der Waals surface area contributed by atoms with Gasteiger partial charge in [-0.05, 0) is 18.6 Å². The molecule has 0 aliphatic carbocycles. The summed E-state index contributed by atoms with van der Waals surface area (Å²) >= 11 is 0. The highest BCUT2D eigenvalue weighted by atomic mass is 16.6. The van der Waals surface area contributed by atoms with Crippen molar-refractivity contribution >= 4 is 17.1 Å². The maximum atomic E-state index is 10.4. The van der Waals surface area contributed by atoms with Crippen LogP contribution in [0.1, 0.15) is 5.56 Å². The van der Waals surface area contributed by atoms with E-state index in [-0.39, 0.29) is 11.4 Å². The summed E-state index contributed by atoms with van der Waals surface area (Å²) < 4.78 is 0. The smallest absolute Gasteiger partial charge is 0.296 e. The molecule has 0 bridgehead atoms. The predicted octanol–water partition coefficient (Wildman–Crippen LogP) is 1.29. The van der Waals surface area contributed by atoms with Gasteiger partial charge in [-0.2, -0.15) is 0 Å². The number of nitro groups is 1. The van der Waals surface area contributed by atoms with Crippen molar-refractivity contribution in [3.63, 3.8) is 0 Å². The number of nitrogens with one attached hydrogen (secondary N) is 1. The van der Waals surface area contributed by atoms with Crippen molar-refractivity contribution in [3.8, 4) is 0 Å². The number of nitrogens with two attached hydrogens (primary N) is 1. The first-order chi connectivity index (χ1) is 6.06. The Balaban J connectivity index is 3.33. The topological polar surface area (TPSA) is 101 Å². The van der Waals surface area contributed by atoms with E-state index in [4.69, 9.17) is 10.9 Å². The lowest BCUT2D eigenvalue weighted by atomic mass is 10.1. The molecule has 6 nitrogen and oxygen atoms in total. The van der Waals surface area contributed by atoms with Gasteiger partial charge in [0.1, 0.15) is 5.69 Å². The van der Waals surface area contributed by atoms with Crippen LogP contribution in [0.3, 0.4) is 0 Å². The SMILES string of the molecule is Cc1cc(NO)c([N+](=O)[O-])cc1N. The Labute approximate surface area is 74.1 Å². The molecule has 0 saturated heterocycles. The number of anilines is 2. The van der Waals surface area contributed by atoms with Crippen molar-refractivity contribution in [2.24, 2.45) is 0 Å². The van der Waals surface area contributed by atoms with Gasteiger partial charge in [-0.3, -0.25) is 20.8 Å². The minimum absolute atomic E-state index is 0.0386. The highest BCUT2D eigenvalue weighted by molar-refractivity contribution is 5.68. The lowest BCUT2D eigenvalue weighted by Gasteiger charge is -2.04. The molecule has 0 saturated carbocycles. The molecule has 0 aliphatic rings. The van der Waals surface area contributed by atoms with Crippen molar-refractivity contribution in [1.82, 2.24) is 0 Å². The third kappa shape index (κ3) is 1.67. The van der Waals surface area contributed by atoms with Gasteiger partial charge in [0.2, 0.25) is 0 Å². The van der Waals surface area contributed by atoms with E-state index in [1.54, 1.807) is 12.4 Å². The standard InChI is InChI=1S/C7H9N3O3/c1-4-2-6(9-11)7(10(12)13)3-5(4)8/h2-3,9,11H,8H2,1H3. The first kappa shape index (κ1) is 9.27. The van der Waals surface area contributed by atoms with Gasteiger partial charge in [0.05, 0.1) is 4.92 Å². The van der Waals surface area contributed by atoms with Crippen molar-refractivity contribution < 1.29 is 10.1 Å². The van der Waals surface area contributed by atoms with Gasteiger partial charge in [0.25, 0.3) is 5.69 Å². The number of hydrogen-bond acceptors (Lipinski definition) is 5. The second-order valence-electron chi connectivity index (χ2n) is 2.59. The quantitative estimate of drug-likeness (QED) is 0.364. The fourth-order valence-electron chi connectivity index (χ4n) is 0.953. The molecule has 4 N–H and O–H groups in total. The summed E-state index contributed by atoms with van der Waals surface area (Å²) in [5.41, 5.74) is 8.00. The molecule has 1 rings (SSSR count). The second-order valence-corrected chi connectivity index (χ2v) is 2.59. The lowest BCUT2D eigenvalue weighted by molar-refractivity contribution is -0.384. The predicted molar refractivity (Wildman–Crippen MR) is 47.7 cm³/mol. The highest BCUT2D eigenvalue weighted by Crippen LogP contribution is 2.28. The van der Waals surface area contributed by atoms with Crippen LogP contribution < -0.4 is 11.2 Å². The molecule has 6 heteroatoms. The van der Waals surface area contributed by atoms with Crippen LogP contribution in [0.5, 0.6) is 0 Å². The fourth-order valence-corrected chi connectivity index (χ4v) is 0.953. The number of rotatable bonds is 2. The zero-order chi connectivity index (χ0) is 10.0. The van der Waals surface area contributed by atoms with E-state index in [2.05, 4.69) is 0 Å². The molecule has 1 aromatic carbocycles. The minimum Gasteiger partial charge on any atom is -0.398 e. The van der Waals surface area contributed by atoms with Gasteiger partial charge in [0.15, 0.2) is 0 Å². The minimum atomic E-state index is -0.617. The molecule has 0 spiro atoms. The van der Waals surface area contributed by atoms with Crippen molar-refractivity contribution in [2.45, 2.75) is 6.92 Å².